The summed E-state index contributed by atoms with van der Waals surface area (Å²) in [6.07, 6.45) is 2.54. The van der Waals surface area contributed by atoms with Crippen molar-refractivity contribution in [2.45, 2.75) is 46.2 Å². The molecule has 6 heteroatoms. The van der Waals surface area contributed by atoms with Crippen LogP contribution in [0, 0.1) is 18.7 Å². The maximum atomic E-state index is 13.3. The van der Waals surface area contributed by atoms with E-state index in [0.717, 1.165) is 24.6 Å². The third-order valence-electron chi connectivity index (χ3n) is 4.74. The molecule has 25 heavy (non-hydrogen) atoms. The van der Waals surface area contributed by atoms with Gasteiger partial charge in [-0.25, -0.2) is 4.39 Å². The molecule has 1 aromatic carbocycles. The highest BCUT2D eigenvalue weighted by Crippen LogP contribution is 2.17. The Kier molecular flexibility index (Phi) is 9.71. The van der Waals surface area contributed by atoms with E-state index < -0.39 is 0 Å². The molecule has 1 aliphatic heterocycles. The maximum absolute atomic E-state index is 13.3. The Hall–Kier alpha value is -0.890. The van der Waals surface area contributed by atoms with Gasteiger partial charge >= 0.3 is 0 Å². The Bertz CT molecular complexity index is 562. The molecule has 1 atom stereocenters. The Morgan fingerprint density at radius 2 is 2.12 bits per heavy atom. The van der Waals surface area contributed by atoms with Crippen molar-refractivity contribution in [2.75, 3.05) is 26.7 Å². The van der Waals surface area contributed by atoms with E-state index in [1.165, 1.54) is 25.5 Å². The van der Waals surface area contributed by atoms with Gasteiger partial charge in [0.05, 0.1) is 0 Å². The van der Waals surface area contributed by atoms with E-state index in [1.54, 1.807) is 14.0 Å². The summed E-state index contributed by atoms with van der Waals surface area (Å²) >= 11 is 0. The number of piperidine rings is 1. The van der Waals surface area contributed by atoms with Crippen LogP contribution in [0.4, 0.5) is 4.39 Å². The molecule has 1 aromatic rings. The van der Waals surface area contributed by atoms with Crippen LogP contribution < -0.4 is 10.6 Å². The van der Waals surface area contributed by atoms with Gasteiger partial charge in [-0.15, -0.1) is 24.0 Å². The van der Waals surface area contributed by atoms with Crippen LogP contribution >= 0.6 is 24.0 Å². The number of nitrogens with zero attached hydrogens (tertiary/aromatic N) is 2. The summed E-state index contributed by atoms with van der Waals surface area (Å²) in [6.45, 7) is 10.3. The van der Waals surface area contributed by atoms with E-state index in [1.807, 2.05) is 12.1 Å². The summed E-state index contributed by atoms with van der Waals surface area (Å²) in [5, 5.41) is 6.74. The van der Waals surface area contributed by atoms with Crippen LogP contribution in [0.1, 0.15) is 37.8 Å². The van der Waals surface area contributed by atoms with Gasteiger partial charge in [0.1, 0.15) is 5.82 Å². The first-order valence-electron chi connectivity index (χ1n) is 8.93. The fraction of sp³-hybridized carbons (Fsp3) is 0.632. The van der Waals surface area contributed by atoms with E-state index in [2.05, 4.69) is 34.4 Å². The monoisotopic (exact) mass is 462 g/mol. The van der Waals surface area contributed by atoms with Crippen molar-refractivity contribution in [1.29, 1.82) is 0 Å². The smallest absolute Gasteiger partial charge is 0.191 e. The maximum Gasteiger partial charge on any atom is 0.191 e. The number of guanidine groups is 1. The molecule has 0 amide bonds. The topological polar surface area (TPSA) is 39.7 Å². The minimum Gasteiger partial charge on any atom is -0.356 e. The second-order valence-electron chi connectivity index (χ2n) is 6.99. The highest BCUT2D eigenvalue weighted by molar-refractivity contribution is 14.0. The summed E-state index contributed by atoms with van der Waals surface area (Å²) in [5.74, 6) is 1.31. The van der Waals surface area contributed by atoms with Gasteiger partial charge in [-0.1, -0.05) is 12.1 Å². The molecule has 2 N–H and O–H groups in total. The van der Waals surface area contributed by atoms with Crippen molar-refractivity contribution in [1.82, 2.24) is 15.5 Å². The molecular weight excluding hydrogens is 430 g/mol. The van der Waals surface area contributed by atoms with Gasteiger partial charge in [0.2, 0.25) is 0 Å². The van der Waals surface area contributed by atoms with Crippen LogP contribution in [0.15, 0.2) is 23.2 Å². The molecule has 1 saturated heterocycles. The predicted molar refractivity (Wildman–Crippen MR) is 114 cm³/mol. The van der Waals surface area contributed by atoms with Crippen molar-refractivity contribution in [3.63, 3.8) is 0 Å². The van der Waals surface area contributed by atoms with Crippen LogP contribution in [0.2, 0.25) is 0 Å². The fourth-order valence-corrected chi connectivity index (χ4v) is 3.20. The van der Waals surface area contributed by atoms with Gasteiger partial charge in [-0.3, -0.25) is 4.99 Å². The molecule has 2 rings (SSSR count). The zero-order valence-electron chi connectivity index (χ0n) is 15.8. The number of benzene rings is 1. The molecule has 0 aromatic heterocycles. The number of hydrogen-bond acceptors (Lipinski definition) is 2. The van der Waals surface area contributed by atoms with Crippen LogP contribution in [0.3, 0.4) is 0 Å². The standard InChI is InChI=1S/C19H31FN4.HI/c1-14(2)24-9-5-6-17(13-24)12-23-19(21-4)22-11-16-7-8-18(20)15(3)10-16;/h7-8,10,14,17H,5-6,9,11-13H2,1-4H3,(H2,21,22,23);1H. The lowest BCUT2D eigenvalue weighted by molar-refractivity contribution is 0.141. The first-order valence-corrected chi connectivity index (χ1v) is 8.93. The van der Waals surface area contributed by atoms with E-state index in [9.17, 15) is 4.39 Å². The molecule has 1 unspecified atom stereocenters. The van der Waals surface area contributed by atoms with Crippen molar-refractivity contribution < 1.29 is 4.39 Å². The van der Waals surface area contributed by atoms with Gasteiger partial charge in [-0.05, 0) is 63.3 Å². The second kappa shape index (κ2) is 11.0. The number of likely N-dealkylation sites (tertiary alicyclic amines) is 1. The highest BCUT2D eigenvalue weighted by atomic mass is 127. The molecule has 1 fully saturated rings. The normalized spacial score (nSPS) is 18.8. The van der Waals surface area contributed by atoms with Gasteiger partial charge in [-0.2, -0.15) is 0 Å². The summed E-state index contributed by atoms with van der Waals surface area (Å²) in [7, 11) is 1.78. The highest BCUT2D eigenvalue weighted by Gasteiger charge is 2.21. The van der Waals surface area contributed by atoms with Crippen LogP contribution in [0.5, 0.6) is 0 Å². The molecule has 1 aliphatic rings. The minimum absolute atomic E-state index is 0. The number of hydrogen-bond donors (Lipinski definition) is 2. The number of aryl methyl sites for hydroxylation is 1. The summed E-state index contributed by atoms with van der Waals surface area (Å²) in [5.41, 5.74) is 1.73. The van der Waals surface area contributed by atoms with E-state index >= 15 is 0 Å². The number of nitrogens with one attached hydrogen (secondary N) is 2. The molecule has 0 radical (unpaired) electrons. The Morgan fingerprint density at radius 3 is 2.76 bits per heavy atom. The molecule has 0 saturated carbocycles. The molecule has 0 spiro atoms. The van der Waals surface area contributed by atoms with E-state index in [0.29, 0.717) is 24.1 Å². The number of aliphatic imine (C=N–C) groups is 1. The Morgan fingerprint density at radius 1 is 1.36 bits per heavy atom. The lowest BCUT2D eigenvalue weighted by atomic mass is 9.97. The zero-order chi connectivity index (χ0) is 17.5. The predicted octanol–water partition coefficient (Wildman–Crippen LogP) is 3.54. The molecule has 0 aliphatic carbocycles. The zero-order valence-corrected chi connectivity index (χ0v) is 18.1. The molecule has 0 bridgehead atoms. The van der Waals surface area contributed by atoms with Gasteiger partial charge in [0, 0.05) is 32.7 Å². The van der Waals surface area contributed by atoms with Crippen LogP contribution in [0.25, 0.3) is 0 Å². The average Bonchev–Trinajstić information content (AvgIpc) is 2.58. The first kappa shape index (κ1) is 22.2. The summed E-state index contributed by atoms with van der Waals surface area (Å²) < 4.78 is 13.3. The fourth-order valence-electron chi connectivity index (χ4n) is 3.20. The first-order chi connectivity index (χ1) is 11.5. The molecule has 4 nitrogen and oxygen atoms in total. The van der Waals surface area contributed by atoms with Gasteiger partial charge in [0.15, 0.2) is 5.96 Å². The molecule has 1 heterocycles. The minimum atomic E-state index is -0.159. The van der Waals surface area contributed by atoms with Crippen molar-refractivity contribution in [3.8, 4) is 0 Å². The van der Waals surface area contributed by atoms with Gasteiger partial charge < -0.3 is 15.5 Å². The van der Waals surface area contributed by atoms with Crippen LogP contribution in [-0.4, -0.2) is 43.6 Å². The molecule has 142 valence electrons. The summed E-state index contributed by atoms with van der Waals surface area (Å²) in [4.78, 5) is 6.84. The van der Waals surface area contributed by atoms with E-state index in [4.69, 9.17) is 0 Å². The third-order valence-corrected chi connectivity index (χ3v) is 4.74. The summed E-state index contributed by atoms with van der Waals surface area (Å²) in [6, 6.07) is 5.82. The SMILES string of the molecule is CN=C(NCc1ccc(F)c(C)c1)NCC1CCCN(C(C)C)C1.I. The molecular formula is C19H32FIN4. The third kappa shape index (κ3) is 7.09. The number of halogens is 2. The van der Waals surface area contributed by atoms with E-state index in [-0.39, 0.29) is 29.8 Å². The lowest BCUT2D eigenvalue weighted by Gasteiger charge is -2.35. The van der Waals surface area contributed by atoms with Crippen LogP contribution in [-0.2, 0) is 6.54 Å². The van der Waals surface area contributed by atoms with Gasteiger partial charge in [0.25, 0.3) is 0 Å². The van der Waals surface area contributed by atoms with Crippen molar-refractivity contribution in [2.24, 2.45) is 10.9 Å². The number of rotatable bonds is 5. The van der Waals surface area contributed by atoms with Crippen molar-refractivity contribution >= 4 is 29.9 Å². The lowest BCUT2D eigenvalue weighted by Crippen LogP contribution is -2.45. The second-order valence-corrected chi connectivity index (χ2v) is 6.99. The average molecular weight is 462 g/mol. The quantitative estimate of drug-likeness (QED) is 0.400. The van der Waals surface area contributed by atoms with Crippen molar-refractivity contribution in [3.05, 3.63) is 35.1 Å². The largest absolute Gasteiger partial charge is 0.356 e. The Balaban J connectivity index is 0.00000312. The Labute approximate surface area is 168 Å².